The minimum Gasteiger partial charge on any atom is -0.396 e. The summed E-state index contributed by atoms with van der Waals surface area (Å²) in [5.74, 6) is 0. The zero-order chi connectivity index (χ0) is 14.2. The highest BCUT2D eigenvalue weighted by atomic mass is 16.5. The second-order valence-electron chi connectivity index (χ2n) is 4.73. The van der Waals surface area contributed by atoms with Crippen molar-refractivity contribution in [2.45, 2.75) is 19.6 Å². The van der Waals surface area contributed by atoms with Crippen LogP contribution in [0, 0.1) is 0 Å². The number of rotatable bonds is 7. The van der Waals surface area contributed by atoms with Crippen LogP contribution in [0.3, 0.4) is 0 Å². The van der Waals surface area contributed by atoms with E-state index in [1.54, 1.807) is 7.11 Å². The summed E-state index contributed by atoms with van der Waals surface area (Å²) in [6.45, 7) is 1.60. The molecule has 0 aliphatic rings. The molecule has 0 unspecified atom stereocenters. The molecule has 0 aliphatic carbocycles. The van der Waals surface area contributed by atoms with Gasteiger partial charge in [0.05, 0.1) is 6.61 Å². The van der Waals surface area contributed by atoms with Crippen LogP contribution in [0.5, 0.6) is 0 Å². The first-order chi connectivity index (χ1) is 9.83. The van der Waals surface area contributed by atoms with Crippen molar-refractivity contribution in [1.29, 1.82) is 0 Å². The zero-order valence-corrected chi connectivity index (χ0v) is 11.8. The van der Waals surface area contributed by atoms with E-state index >= 15 is 0 Å². The molecule has 3 nitrogen and oxygen atoms in total. The molecule has 0 heterocycles. The van der Waals surface area contributed by atoms with E-state index in [2.05, 4.69) is 17.4 Å². The van der Waals surface area contributed by atoms with E-state index in [1.165, 1.54) is 11.1 Å². The molecule has 0 spiro atoms. The van der Waals surface area contributed by atoms with E-state index in [4.69, 9.17) is 9.84 Å². The molecule has 0 aromatic heterocycles. The number of benzene rings is 2. The van der Waals surface area contributed by atoms with Crippen molar-refractivity contribution in [3.63, 3.8) is 0 Å². The van der Waals surface area contributed by atoms with Gasteiger partial charge in [0.15, 0.2) is 0 Å². The highest BCUT2D eigenvalue weighted by Gasteiger charge is 2.01. The van der Waals surface area contributed by atoms with Gasteiger partial charge in [0.1, 0.15) is 0 Å². The predicted octanol–water partition coefficient (Wildman–Crippen LogP) is 2.98. The Hall–Kier alpha value is -1.84. The summed E-state index contributed by atoms with van der Waals surface area (Å²) in [4.78, 5) is 0. The summed E-state index contributed by atoms with van der Waals surface area (Å²) in [6, 6.07) is 16.4. The van der Waals surface area contributed by atoms with Crippen molar-refractivity contribution < 1.29 is 9.84 Å². The molecule has 2 aromatic rings. The number of ether oxygens (including phenoxy) is 1. The molecule has 0 radical (unpaired) electrons. The lowest BCUT2D eigenvalue weighted by Gasteiger charge is -2.11. The summed E-state index contributed by atoms with van der Waals surface area (Å²) >= 11 is 0. The van der Waals surface area contributed by atoms with E-state index < -0.39 is 0 Å². The lowest BCUT2D eigenvalue weighted by molar-refractivity contribution is 0.184. The molecule has 0 fully saturated rings. The molecule has 0 aliphatic heterocycles. The maximum absolute atomic E-state index is 8.89. The Balaban J connectivity index is 1.97. The van der Waals surface area contributed by atoms with E-state index in [0.29, 0.717) is 13.0 Å². The molecule has 3 heteroatoms. The van der Waals surface area contributed by atoms with Gasteiger partial charge in [-0.3, -0.25) is 0 Å². The first kappa shape index (κ1) is 14.6. The smallest absolute Gasteiger partial charge is 0.0716 e. The largest absolute Gasteiger partial charge is 0.396 e. The molecule has 0 amide bonds. The molecular weight excluding hydrogens is 250 g/mol. The Morgan fingerprint density at radius 3 is 2.35 bits per heavy atom. The van der Waals surface area contributed by atoms with Crippen LogP contribution in [0.15, 0.2) is 48.5 Å². The fourth-order valence-corrected chi connectivity index (χ4v) is 2.14. The van der Waals surface area contributed by atoms with Gasteiger partial charge in [-0.2, -0.15) is 0 Å². The van der Waals surface area contributed by atoms with Gasteiger partial charge in [-0.05, 0) is 35.2 Å². The van der Waals surface area contributed by atoms with Crippen LogP contribution in [-0.4, -0.2) is 18.8 Å². The van der Waals surface area contributed by atoms with Gasteiger partial charge in [0.25, 0.3) is 0 Å². The number of hydrogen-bond donors (Lipinski definition) is 2. The summed E-state index contributed by atoms with van der Waals surface area (Å²) in [5, 5.41) is 12.3. The highest BCUT2D eigenvalue weighted by Crippen LogP contribution is 2.14. The highest BCUT2D eigenvalue weighted by molar-refractivity contribution is 5.45. The van der Waals surface area contributed by atoms with Crippen molar-refractivity contribution in [2.75, 3.05) is 19.0 Å². The Morgan fingerprint density at radius 1 is 1.00 bits per heavy atom. The molecule has 2 aromatic carbocycles. The van der Waals surface area contributed by atoms with E-state index in [0.717, 1.165) is 17.8 Å². The summed E-state index contributed by atoms with van der Waals surface area (Å²) < 4.78 is 5.21. The standard InChI is InChI=1S/C17H21NO2/c1-20-13-16-5-3-2-4-15(16)12-18-17-8-6-14(7-9-17)10-11-19/h2-9,18-19H,10-13H2,1H3. The van der Waals surface area contributed by atoms with E-state index in [-0.39, 0.29) is 6.61 Å². The predicted molar refractivity (Wildman–Crippen MR) is 81.7 cm³/mol. The Labute approximate surface area is 120 Å². The number of nitrogens with one attached hydrogen (secondary N) is 1. The Bertz CT molecular complexity index is 523. The lowest BCUT2D eigenvalue weighted by Crippen LogP contribution is -2.03. The van der Waals surface area contributed by atoms with Crippen LogP contribution in [0.4, 0.5) is 5.69 Å². The van der Waals surface area contributed by atoms with Crippen LogP contribution in [0.25, 0.3) is 0 Å². The average Bonchev–Trinajstić information content (AvgIpc) is 2.48. The fourth-order valence-electron chi connectivity index (χ4n) is 2.14. The Morgan fingerprint density at radius 2 is 1.70 bits per heavy atom. The molecule has 0 saturated heterocycles. The maximum atomic E-state index is 8.89. The monoisotopic (exact) mass is 271 g/mol. The quantitative estimate of drug-likeness (QED) is 0.813. The maximum Gasteiger partial charge on any atom is 0.0716 e. The topological polar surface area (TPSA) is 41.5 Å². The molecule has 2 N–H and O–H groups in total. The normalized spacial score (nSPS) is 10.5. The molecule has 2 rings (SSSR count). The first-order valence-electron chi connectivity index (χ1n) is 6.83. The molecule has 0 atom stereocenters. The van der Waals surface area contributed by atoms with Crippen LogP contribution in [0.2, 0.25) is 0 Å². The molecule has 106 valence electrons. The zero-order valence-electron chi connectivity index (χ0n) is 11.8. The minimum absolute atomic E-state index is 0.192. The van der Waals surface area contributed by atoms with Crippen LogP contribution >= 0.6 is 0 Å². The second-order valence-corrected chi connectivity index (χ2v) is 4.73. The van der Waals surface area contributed by atoms with Gasteiger partial charge >= 0.3 is 0 Å². The number of aliphatic hydroxyl groups is 1. The number of hydrogen-bond acceptors (Lipinski definition) is 3. The number of anilines is 1. The van der Waals surface area contributed by atoms with Crippen LogP contribution in [-0.2, 0) is 24.3 Å². The van der Waals surface area contributed by atoms with Crippen molar-refractivity contribution >= 4 is 5.69 Å². The molecule has 20 heavy (non-hydrogen) atoms. The summed E-state index contributed by atoms with van der Waals surface area (Å²) in [6.07, 6.45) is 0.705. The van der Waals surface area contributed by atoms with Gasteiger partial charge in [-0.1, -0.05) is 36.4 Å². The van der Waals surface area contributed by atoms with Gasteiger partial charge < -0.3 is 15.2 Å². The van der Waals surface area contributed by atoms with E-state index in [9.17, 15) is 0 Å². The molecule has 0 saturated carbocycles. The van der Waals surface area contributed by atoms with E-state index in [1.807, 2.05) is 36.4 Å². The van der Waals surface area contributed by atoms with Crippen molar-refractivity contribution in [3.05, 3.63) is 65.2 Å². The SMILES string of the molecule is COCc1ccccc1CNc1ccc(CCO)cc1. The minimum atomic E-state index is 0.192. The number of aliphatic hydroxyl groups excluding tert-OH is 1. The Kier molecular flexibility index (Phi) is 5.59. The second kappa shape index (κ2) is 7.68. The summed E-state index contributed by atoms with van der Waals surface area (Å²) in [5.41, 5.74) is 4.69. The third-order valence-corrected chi connectivity index (χ3v) is 3.26. The van der Waals surface area contributed by atoms with Gasteiger partial charge in [0.2, 0.25) is 0 Å². The van der Waals surface area contributed by atoms with Crippen molar-refractivity contribution in [2.24, 2.45) is 0 Å². The molecular formula is C17H21NO2. The van der Waals surface area contributed by atoms with Gasteiger partial charge in [-0.25, -0.2) is 0 Å². The fraction of sp³-hybridized carbons (Fsp3) is 0.294. The van der Waals surface area contributed by atoms with Gasteiger partial charge in [-0.15, -0.1) is 0 Å². The lowest BCUT2D eigenvalue weighted by atomic mass is 10.1. The third kappa shape index (κ3) is 4.08. The average molecular weight is 271 g/mol. The van der Waals surface area contributed by atoms with Gasteiger partial charge in [0, 0.05) is 25.9 Å². The van der Waals surface area contributed by atoms with Crippen LogP contribution in [0.1, 0.15) is 16.7 Å². The van der Waals surface area contributed by atoms with Crippen molar-refractivity contribution in [3.8, 4) is 0 Å². The summed E-state index contributed by atoms with van der Waals surface area (Å²) in [7, 11) is 1.71. The van der Waals surface area contributed by atoms with Crippen molar-refractivity contribution in [1.82, 2.24) is 0 Å². The number of methoxy groups -OCH3 is 1. The first-order valence-corrected chi connectivity index (χ1v) is 6.83. The third-order valence-electron chi connectivity index (χ3n) is 3.26. The van der Waals surface area contributed by atoms with Crippen LogP contribution < -0.4 is 5.32 Å². The molecule has 0 bridgehead atoms.